The Bertz CT molecular complexity index is 286. The van der Waals surface area contributed by atoms with Gasteiger partial charge in [0.2, 0.25) is 0 Å². The Morgan fingerprint density at radius 1 is 1.31 bits per heavy atom. The van der Waals surface area contributed by atoms with Gasteiger partial charge < -0.3 is 14.2 Å². The molecule has 16 heavy (non-hydrogen) atoms. The molecule has 0 saturated heterocycles. The summed E-state index contributed by atoms with van der Waals surface area (Å²) in [6.45, 7) is 0. The fraction of sp³-hybridized carbons (Fsp3) is 0.833. The molecule has 0 N–H and O–H groups in total. The average molecular weight is 242 g/mol. The molecule has 2 rings (SSSR count). The van der Waals surface area contributed by atoms with Gasteiger partial charge in [0.05, 0.1) is 5.73 Å². The van der Waals surface area contributed by atoms with Crippen LogP contribution < -0.4 is 0 Å². The van der Waals surface area contributed by atoms with Crippen molar-refractivity contribution in [2.45, 2.75) is 30.8 Å². The van der Waals surface area contributed by atoms with Crippen molar-refractivity contribution in [3.05, 3.63) is 11.6 Å². The molecule has 92 valence electrons. The van der Waals surface area contributed by atoms with Crippen molar-refractivity contribution < 1.29 is 14.2 Å². The predicted octanol–water partition coefficient (Wildman–Crippen LogP) is 0.670. The summed E-state index contributed by atoms with van der Waals surface area (Å²) in [5, 5.41) is 0. The van der Waals surface area contributed by atoms with Crippen molar-refractivity contribution in [3.8, 4) is 0 Å². The van der Waals surface area contributed by atoms with Crippen molar-refractivity contribution in [1.82, 2.24) is 0 Å². The van der Waals surface area contributed by atoms with Crippen LogP contribution in [-0.4, -0.2) is 43.1 Å². The van der Waals surface area contributed by atoms with Crippen molar-refractivity contribution in [1.29, 1.82) is 0 Å². The highest BCUT2D eigenvalue weighted by Gasteiger charge is 2.52. The Hall–Kier alpha value is -0.163. The number of allylic oxidation sites excluding steroid dienone is 2. The first-order chi connectivity index (χ1) is 7.67. The molecule has 0 aromatic carbocycles. The number of hydrogen-bond donors (Lipinski definition) is 0. The van der Waals surface area contributed by atoms with Gasteiger partial charge in [-0.05, 0) is 25.2 Å². The van der Waals surface area contributed by atoms with E-state index < -0.39 is 5.79 Å². The van der Waals surface area contributed by atoms with Crippen LogP contribution in [0.2, 0.25) is 0 Å². The predicted molar refractivity (Wildman–Crippen MR) is 66.4 cm³/mol. The maximum absolute atomic E-state index is 5.74. The molecule has 0 aliphatic heterocycles. The standard InChI is InChI=1S/C12H22O3Si/c1-13-11(16)12(14-2,15-3)10-7-8-4-5-9(10)6-8/h4,9-11H,5-7H2,1-3,16H3. The zero-order valence-electron chi connectivity index (χ0n) is 10.7. The van der Waals surface area contributed by atoms with Crippen molar-refractivity contribution in [3.63, 3.8) is 0 Å². The molecule has 2 bridgehead atoms. The third-order valence-electron chi connectivity index (χ3n) is 4.36. The Labute approximate surface area is 101 Å². The molecule has 1 fully saturated rings. The minimum absolute atomic E-state index is 0.0902. The maximum atomic E-state index is 5.74. The molecule has 0 amide bonds. The first kappa shape index (κ1) is 12.3. The van der Waals surface area contributed by atoms with Crippen LogP contribution in [0.15, 0.2) is 11.6 Å². The number of ether oxygens (including phenoxy) is 3. The number of fused-ring (bicyclic) bond motifs is 2. The lowest BCUT2D eigenvalue weighted by Gasteiger charge is -2.43. The molecule has 3 unspecified atom stereocenters. The van der Waals surface area contributed by atoms with E-state index in [1.54, 1.807) is 26.9 Å². The second kappa shape index (κ2) is 4.60. The Balaban J connectivity index is 2.22. The largest absolute Gasteiger partial charge is 0.380 e. The number of rotatable bonds is 5. The van der Waals surface area contributed by atoms with E-state index in [2.05, 4.69) is 6.08 Å². The first-order valence-electron chi connectivity index (χ1n) is 5.99. The molecule has 2 aliphatic rings. The molecular formula is C12H22O3Si. The van der Waals surface area contributed by atoms with Crippen LogP contribution in [0.3, 0.4) is 0 Å². The lowest BCUT2D eigenvalue weighted by Crippen LogP contribution is -2.54. The summed E-state index contributed by atoms with van der Waals surface area (Å²) in [5.41, 5.74) is 1.67. The number of methoxy groups -OCH3 is 3. The zero-order chi connectivity index (χ0) is 11.8. The first-order valence-corrected chi connectivity index (χ1v) is 7.14. The third-order valence-corrected chi connectivity index (χ3v) is 5.64. The van der Waals surface area contributed by atoms with Gasteiger partial charge in [0, 0.05) is 37.5 Å². The highest BCUT2D eigenvalue weighted by atomic mass is 28.1. The fourth-order valence-electron chi connectivity index (χ4n) is 3.40. The van der Waals surface area contributed by atoms with Crippen molar-refractivity contribution in [2.24, 2.45) is 11.8 Å². The second-order valence-electron chi connectivity index (χ2n) is 4.88. The molecule has 2 aliphatic carbocycles. The third kappa shape index (κ3) is 1.68. The van der Waals surface area contributed by atoms with E-state index in [4.69, 9.17) is 14.2 Å². The van der Waals surface area contributed by atoms with Crippen LogP contribution in [-0.2, 0) is 14.2 Å². The van der Waals surface area contributed by atoms with Gasteiger partial charge in [0.25, 0.3) is 0 Å². The van der Waals surface area contributed by atoms with Crippen molar-refractivity contribution >= 4 is 10.2 Å². The molecule has 1 saturated carbocycles. The van der Waals surface area contributed by atoms with Gasteiger partial charge in [-0.15, -0.1) is 0 Å². The molecule has 3 atom stereocenters. The summed E-state index contributed by atoms with van der Waals surface area (Å²) in [5.74, 6) is 0.633. The van der Waals surface area contributed by atoms with E-state index in [1.165, 1.54) is 12.8 Å². The molecule has 0 radical (unpaired) electrons. The summed E-state index contributed by atoms with van der Waals surface area (Å²) < 4.78 is 17.0. The molecule has 3 nitrogen and oxygen atoms in total. The Kier molecular flexibility index (Phi) is 3.54. The van der Waals surface area contributed by atoms with Gasteiger partial charge in [0.1, 0.15) is 0 Å². The normalized spacial score (nSPS) is 30.8. The monoisotopic (exact) mass is 242 g/mol. The minimum Gasteiger partial charge on any atom is -0.380 e. The quantitative estimate of drug-likeness (QED) is 0.403. The van der Waals surface area contributed by atoms with E-state index in [9.17, 15) is 0 Å². The smallest absolute Gasteiger partial charge is 0.193 e. The van der Waals surface area contributed by atoms with Crippen LogP contribution >= 0.6 is 0 Å². The molecule has 0 aromatic heterocycles. The van der Waals surface area contributed by atoms with Crippen LogP contribution in [0.1, 0.15) is 19.3 Å². The van der Waals surface area contributed by atoms with Crippen LogP contribution in [0.5, 0.6) is 0 Å². The SMILES string of the molecule is COC([SiH3])C(OC)(OC)C1CC2=CCC1C2. The molecule has 0 heterocycles. The molecule has 0 spiro atoms. The summed E-state index contributed by atoms with van der Waals surface area (Å²) in [6.07, 6.45) is 5.92. The Morgan fingerprint density at radius 3 is 2.38 bits per heavy atom. The fourth-order valence-corrected chi connectivity index (χ4v) is 4.30. The molecular weight excluding hydrogens is 220 g/mol. The highest BCUT2D eigenvalue weighted by Crippen LogP contribution is 2.50. The summed E-state index contributed by atoms with van der Waals surface area (Å²) >= 11 is 0. The highest BCUT2D eigenvalue weighted by molar-refractivity contribution is 6.11. The molecule has 0 aromatic rings. The topological polar surface area (TPSA) is 27.7 Å². The van der Waals surface area contributed by atoms with Gasteiger partial charge in [-0.3, -0.25) is 0 Å². The van der Waals surface area contributed by atoms with Gasteiger partial charge in [-0.2, -0.15) is 0 Å². The van der Waals surface area contributed by atoms with E-state index >= 15 is 0 Å². The lowest BCUT2D eigenvalue weighted by atomic mass is 9.84. The maximum Gasteiger partial charge on any atom is 0.193 e. The van der Waals surface area contributed by atoms with E-state index in [1.807, 2.05) is 0 Å². The van der Waals surface area contributed by atoms with Gasteiger partial charge in [0.15, 0.2) is 5.79 Å². The Morgan fingerprint density at radius 2 is 2.00 bits per heavy atom. The summed E-state index contributed by atoms with van der Waals surface area (Å²) in [6, 6.07) is 0. The molecule has 4 heteroatoms. The van der Waals surface area contributed by atoms with E-state index in [-0.39, 0.29) is 5.73 Å². The minimum atomic E-state index is -0.526. The summed E-state index contributed by atoms with van der Waals surface area (Å²) in [4.78, 5) is 0. The average Bonchev–Trinajstić information content (AvgIpc) is 2.93. The van der Waals surface area contributed by atoms with Crippen LogP contribution in [0.25, 0.3) is 0 Å². The van der Waals surface area contributed by atoms with E-state index in [0.29, 0.717) is 11.8 Å². The van der Waals surface area contributed by atoms with Gasteiger partial charge >= 0.3 is 0 Å². The van der Waals surface area contributed by atoms with Crippen LogP contribution in [0, 0.1) is 11.8 Å². The zero-order valence-corrected chi connectivity index (χ0v) is 12.7. The lowest BCUT2D eigenvalue weighted by molar-refractivity contribution is -0.279. The van der Waals surface area contributed by atoms with E-state index in [0.717, 1.165) is 16.7 Å². The summed E-state index contributed by atoms with van der Waals surface area (Å²) in [7, 11) is 6.15. The van der Waals surface area contributed by atoms with Gasteiger partial charge in [-0.25, -0.2) is 0 Å². The second-order valence-corrected chi connectivity index (χ2v) is 5.93. The van der Waals surface area contributed by atoms with Crippen molar-refractivity contribution in [2.75, 3.05) is 21.3 Å². The van der Waals surface area contributed by atoms with Gasteiger partial charge in [-0.1, -0.05) is 11.6 Å². The van der Waals surface area contributed by atoms with Crippen LogP contribution in [0.4, 0.5) is 0 Å². The number of hydrogen-bond acceptors (Lipinski definition) is 3.